The number of fused-ring (bicyclic) bond motifs is 1. The van der Waals surface area contributed by atoms with Crippen molar-refractivity contribution in [1.82, 2.24) is 10.6 Å². The van der Waals surface area contributed by atoms with Crippen molar-refractivity contribution in [2.75, 3.05) is 18.6 Å². The molecular formula is C21H28N2O3S2. The second-order valence-electron chi connectivity index (χ2n) is 7.38. The maximum absolute atomic E-state index is 13.2. The molecule has 0 aliphatic heterocycles. The Morgan fingerprint density at radius 1 is 1.25 bits per heavy atom. The third-order valence-corrected chi connectivity index (χ3v) is 7.13. The highest BCUT2D eigenvalue weighted by molar-refractivity contribution is 7.98. The zero-order chi connectivity index (χ0) is 20.0. The van der Waals surface area contributed by atoms with Gasteiger partial charge in [-0.3, -0.25) is 9.59 Å². The number of hydrogen-bond acceptors (Lipinski definition) is 5. The first-order valence-electron chi connectivity index (χ1n) is 9.80. The highest BCUT2D eigenvalue weighted by Gasteiger charge is 2.41. The lowest BCUT2D eigenvalue weighted by Gasteiger charge is -2.37. The van der Waals surface area contributed by atoms with Crippen LogP contribution >= 0.6 is 23.1 Å². The molecule has 3 rings (SSSR count). The molecule has 1 fully saturated rings. The molecule has 0 radical (unpaired) electrons. The van der Waals surface area contributed by atoms with Gasteiger partial charge in [0.25, 0.3) is 5.91 Å². The second-order valence-corrected chi connectivity index (χ2v) is 9.45. The number of benzene rings is 1. The second kappa shape index (κ2) is 9.76. The SMILES string of the molecule is CSCC[C@@H](CO)NC(=O)C1(NC(=O)c2cc3ccccc3s2)CCCCC1. The average Bonchev–Trinajstić information content (AvgIpc) is 3.16. The normalized spacial score (nSPS) is 17.2. The number of amides is 2. The zero-order valence-corrected chi connectivity index (χ0v) is 17.8. The molecule has 1 aromatic carbocycles. The third kappa shape index (κ3) is 4.88. The van der Waals surface area contributed by atoms with E-state index in [4.69, 9.17) is 0 Å². The van der Waals surface area contributed by atoms with Crippen molar-refractivity contribution in [3.8, 4) is 0 Å². The number of nitrogens with one attached hydrogen (secondary N) is 2. The minimum atomic E-state index is -0.891. The van der Waals surface area contributed by atoms with Gasteiger partial charge in [0.2, 0.25) is 5.91 Å². The topological polar surface area (TPSA) is 78.4 Å². The Hall–Kier alpha value is -1.57. The van der Waals surface area contributed by atoms with E-state index >= 15 is 0 Å². The number of hydrogen-bond donors (Lipinski definition) is 3. The van der Waals surface area contributed by atoms with Gasteiger partial charge in [0.05, 0.1) is 17.5 Å². The van der Waals surface area contributed by atoms with Crippen LogP contribution < -0.4 is 10.6 Å². The van der Waals surface area contributed by atoms with Gasteiger partial charge in [0.15, 0.2) is 0 Å². The van der Waals surface area contributed by atoms with Gasteiger partial charge in [-0.25, -0.2) is 0 Å². The highest BCUT2D eigenvalue weighted by atomic mass is 32.2. The molecular weight excluding hydrogens is 392 g/mol. The molecule has 0 saturated heterocycles. The van der Waals surface area contributed by atoms with Gasteiger partial charge < -0.3 is 15.7 Å². The Labute approximate surface area is 174 Å². The van der Waals surface area contributed by atoms with Gasteiger partial charge >= 0.3 is 0 Å². The van der Waals surface area contributed by atoms with Crippen LogP contribution in [0.15, 0.2) is 30.3 Å². The van der Waals surface area contributed by atoms with Gasteiger partial charge in [0, 0.05) is 4.70 Å². The van der Waals surface area contributed by atoms with Gasteiger partial charge in [-0.2, -0.15) is 11.8 Å². The van der Waals surface area contributed by atoms with Crippen LogP contribution in [0.2, 0.25) is 0 Å². The molecule has 2 aromatic rings. The summed E-state index contributed by atoms with van der Waals surface area (Å²) in [4.78, 5) is 26.8. The van der Waals surface area contributed by atoms with Crippen LogP contribution in [0.25, 0.3) is 10.1 Å². The third-order valence-electron chi connectivity index (χ3n) is 5.37. The summed E-state index contributed by atoms with van der Waals surface area (Å²) in [5.41, 5.74) is -0.891. The summed E-state index contributed by atoms with van der Waals surface area (Å²) in [6.07, 6.45) is 6.88. The Bertz CT molecular complexity index is 782. The van der Waals surface area contributed by atoms with Crippen molar-refractivity contribution >= 4 is 45.0 Å². The van der Waals surface area contributed by atoms with Crippen molar-refractivity contribution in [2.45, 2.75) is 50.1 Å². The van der Waals surface area contributed by atoms with Gasteiger partial charge in [-0.15, -0.1) is 11.3 Å². The molecule has 1 heterocycles. The maximum atomic E-state index is 13.2. The Kier molecular flexibility index (Phi) is 7.37. The van der Waals surface area contributed by atoms with Crippen LogP contribution in [0, 0.1) is 0 Å². The van der Waals surface area contributed by atoms with Gasteiger partial charge in [-0.1, -0.05) is 37.5 Å². The molecule has 7 heteroatoms. The summed E-state index contributed by atoms with van der Waals surface area (Å²) in [6, 6.07) is 9.51. The molecule has 2 amide bonds. The summed E-state index contributed by atoms with van der Waals surface area (Å²) >= 11 is 3.13. The summed E-state index contributed by atoms with van der Waals surface area (Å²) in [6.45, 7) is -0.0906. The molecule has 0 bridgehead atoms. The molecule has 1 atom stereocenters. The molecule has 152 valence electrons. The molecule has 28 heavy (non-hydrogen) atoms. The zero-order valence-electron chi connectivity index (χ0n) is 16.2. The van der Waals surface area contributed by atoms with Crippen molar-refractivity contribution in [3.63, 3.8) is 0 Å². The van der Waals surface area contributed by atoms with E-state index in [-0.39, 0.29) is 24.5 Å². The largest absolute Gasteiger partial charge is 0.394 e. The van der Waals surface area contributed by atoms with Crippen molar-refractivity contribution in [3.05, 3.63) is 35.2 Å². The summed E-state index contributed by atoms with van der Waals surface area (Å²) in [5.74, 6) is 0.511. The first-order valence-corrected chi connectivity index (χ1v) is 12.0. The smallest absolute Gasteiger partial charge is 0.262 e. The maximum Gasteiger partial charge on any atom is 0.262 e. The molecule has 1 aromatic heterocycles. The van der Waals surface area contributed by atoms with Crippen molar-refractivity contribution in [1.29, 1.82) is 0 Å². The van der Waals surface area contributed by atoms with E-state index in [1.54, 1.807) is 11.8 Å². The number of thioether (sulfide) groups is 1. The van der Waals surface area contributed by atoms with E-state index in [0.717, 1.165) is 35.1 Å². The first kappa shape index (κ1) is 21.1. The van der Waals surface area contributed by atoms with Crippen LogP contribution in [0.3, 0.4) is 0 Å². The number of carbonyl (C=O) groups is 2. The van der Waals surface area contributed by atoms with E-state index in [9.17, 15) is 14.7 Å². The predicted molar refractivity (Wildman–Crippen MR) is 117 cm³/mol. The summed E-state index contributed by atoms with van der Waals surface area (Å²) < 4.78 is 1.06. The van der Waals surface area contributed by atoms with E-state index in [0.29, 0.717) is 24.1 Å². The fourth-order valence-corrected chi connectivity index (χ4v) is 5.21. The van der Waals surface area contributed by atoms with Crippen LogP contribution in [-0.4, -0.2) is 47.1 Å². The number of aliphatic hydroxyl groups is 1. The number of thiophene rings is 1. The minimum Gasteiger partial charge on any atom is -0.394 e. The highest BCUT2D eigenvalue weighted by Crippen LogP contribution is 2.31. The van der Waals surface area contributed by atoms with Crippen LogP contribution in [-0.2, 0) is 4.79 Å². The van der Waals surface area contributed by atoms with E-state index in [2.05, 4.69) is 10.6 Å². The predicted octanol–water partition coefficient (Wildman–Crippen LogP) is 3.56. The molecule has 0 unspecified atom stereocenters. The van der Waals surface area contributed by atoms with Crippen LogP contribution in [0.1, 0.15) is 48.2 Å². The fraction of sp³-hybridized carbons (Fsp3) is 0.524. The van der Waals surface area contributed by atoms with Crippen molar-refractivity contribution < 1.29 is 14.7 Å². The standard InChI is InChI=1S/C21H28N2O3S2/c1-27-12-9-16(14-24)22-20(26)21(10-5-2-6-11-21)23-19(25)18-13-15-7-3-4-8-17(15)28-18/h3-4,7-8,13,16,24H,2,5-6,9-12,14H2,1H3,(H,22,26)(H,23,25)/t16-/m0/s1. The van der Waals surface area contributed by atoms with E-state index < -0.39 is 5.54 Å². The monoisotopic (exact) mass is 420 g/mol. The Morgan fingerprint density at radius 3 is 2.68 bits per heavy atom. The number of carbonyl (C=O) groups excluding carboxylic acids is 2. The van der Waals surface area contributed by atoms with Gasteiger partial charge in [0.1, 0.15) is 5.54 Å². The molecule has 1 saturated carbocycles. The average molecular weight is 421 g/mol. The lowest BCUT2D eigenvalue weighted by atomic mass is 9.80. The first-order chi connectivity index (χ1) is 13.6. The lowest BCUT2D eigenvalue weighted by molar-refractivity contribution is -0.129. The molecule has 1 aliphatic carbocycles. The fourth-order valence-electron chi connectivity index (χ4n) is 3.73. The molecule has 5 nitrogen and oxygen atoms in total. The Balaban J connectivity index is 1.76. The van der Waals surface area contributed by atoms with Crippen LogP contribution in [0.4, 0.5) is 0 Å². The lowest BCUT2D eigenvalue weighted by Crippen LogP contribution is -2.61. The summed E-state index contributed by atoms with van der Waals surface area (Å²) in [7, 11) is 0. The van der Waals surface area contributed by atoms with Crippen LogP contribution in [0.5, 0.6) is 0 Å². The molecule has 0 spiro atoms. The van der Waals surface area contributed by atoms with E-state index in [1.807, 2.05) is 36.6 Å². The number of rotatable bonds is 8. The molecule has 1 aliphatic rings. The number of aliphatic hydroxyl groups excluding tert-OH is 1. The Morgan fingerprint density at radius 2 is 2.00 bits per heavy atom. The van der Waals surface area contributed by atoms with Crippen molar-refractivity contribution in [2.24, 2.45) is 0 Å². The molecule has 3 N–H and O–H groups in total. The van der Waals surface area contributed by atoms with E-state index in [1.165, 1.54) is 11.3 Å². The summed E-state index contributed by atoms with van der Waals surface area (Å²) in [5, 5.41) is 16.7. The quantitative estimate of drug-likeness (QED) is 0.610. The van der Waals surface area contributed by atoms with Gasteiger partial charge in [-0.05, 0) is 48.8 Å². The minimum absolute atomic E-state index is 0.0906.